The minimum absolute atomic E-state index is 0.0543. The number of hydrogen-bond acceptors (Lipinski definition) is 5. The van der Waals surface area contributed by atoms with E-state index < -0.39 is 6.04 Å². The number of amides is 2. The van der Waals surface area contributed by atoms with Gasteiger partial charge < -0.3 is 15.7 Å². The van der Waals surface area contributed by atoms with E-state index in [1.54, 1.807) is 24.1 Å². The van der Waals surface area contributed by atoms with Crippen LogP contribution in [-0.2, 0) is 4.79 Å². The van der Waals surface area contributed by atoms with Crippen LogP contribution in [0.5, 0.6) is 5.75 Å². The van der Waals surface area contributed by atoms with Gasteiger partial charge in [0, 0.05) is 25.7 Å². The Balaban J connectivity index is 1.61. The van der Waals surface area contributed by atoms with E-state index in [9.17, 15) is 14.7 Å². The standard InChI is InChI=1S/C16H20N4O3/c1-19-15(23)13(18-16(19)17)10-6-8-20(9-7-10)14(22)11-2-4-12(21)5-3-11/h2-5,10,13,21H,6-9H2,1H3,(H2,17,18). The number of aromatic hydroxyl groups is 1. The Morgan fingerprint density at radius 1 is 1.26 bits per heavy atom. The molecule has 2 aliphatic rings. The van der Waals surface area contributed by atoms with Crippen molar-refractivity contribution in [2.24, 2.45) is 16.6 Å². The summed E-state index contributed by atoms with van der Waals surface area (Å²) >= 11 is 0. The minimum Gasteiger partial charge on any atom is -0.508 e. The quantitative estimate of drug-likeness (QED) is 0.825. The van der Waals surface area contributed by atoms with Crippen LogP contribution in [0.4, 0.5) is 0 Å². The topological polar surface area (TPSA) is 99.2 Å². The summed E-state index contributed by atoms with van der Waals surface area (Å²) in [5, 5.41) is 9.29. The number of nitrogens with two attached hydrogens (primary N) is 1. The molecule has 1 fully saturated rings. The van der Waals surface area contributed by atoms with Crippen LogP contribution in [0.3, 0.4) is 0 Å². The Kier molecular flexibility index (Phi) is 3.94. The lowest BCUT2D eigenvalue weighted by molar-refractivity contribution is -0.127. The maximum Gasteiger partial charge on any atom is 0.254 e. The zero-order valence-corrected chi connectivity index (χ0v) is 13.0. The third kappa shape index (κ3) is 2.86. The molecule has 0 aliphatic carbocycles. The number of benzene rings is 1. The van der Waals surface area contributed by atoms with Crippen molar-refractivity contribution in [2.45, 2.75) is 18.9 Å². The van der Waals surface area contributed by atoms with Crippen molar-refractivity contribution in [2.75, 3.05) is 20.1 Å². The molecule has 7 heteroatoms. The molecule has 23 heavy (non-hydrogen) atoms. The first-order chi connectivity index (χ1) is 11.0. The first-order valence-corrected chi connectivity index (χ1v) is 7.66. The number of hydrogen-bond donors (Lipinski definition) is 2. The highest BCUT2D eigenvalue weighted by atomic mass is 16.3. The molecule has 2 heterocycles. The van der Waals surface area contributed by atoms with Gasteiger partial charge in [-0.2, -0.15) is 0 Å². The molecule has 0 bridgehead atoms. The fourth-order valence-electron chi connectivity index (χ4n) is 3.11. The molecule has 0 radical (unpaired) electrons. The molecule has 3 N–H and O–H groups in total. The first kappa shape index (κ1) is 15.3. The summed E-state index contributed by atoms with van der Waals surface area (Å²) in [7, 11) is 1.63. The Bertz CT molecular complexity index is 648. The average molecular weight is 316 g/mol. The van der Waals surface area contributed by atoms with Gasteiger partial charge >= 0.3 is 0 Å². The predicted octanol–water partition coefficient (Wildman–Crippen LogP) is 0.400. The largest absolute Gasteiger partial charge is 0.508 e. The van der Waals surface area contributed by atoms with Crippen LogP contribution in [0.2, 0.25) is 0 Å². The number of carbonyl (C=O) groups is 2. The molecule has 2 amide bonds. The number of nitrogens with zero attached hydrogens (tertiary/aromatic N) is 3. The van der Waals surface area contributed by atoms with E-state index in [1.165, 1.54) is 17.0 Å². The van der Waals surface area contributed by atoms with Gasteiger partial charge in [-0.3, -0.25) is 14.5 Å². The lowest BCUT2D eigenvalue weighted by Crippen LogP contribution is -2.43. The van der Waals surface area contributed by atoms with Gasteiger partial charge in [-0.15, -0.1) is 0 Å². The van der Waals surface area contributed by atoms with Gasteiger partial charge in [-0.05, 0) is 43.0 Å². The van der Waals surface area contributed by atoms with Gasteiger partial charge in [0.25, 0.3) is 11.8 Å². The summed E-state index contributed by atoms with van der Waals surface area (Å²) in [6.45, 7) is 1.18. The molecule has 1 saturated heterocycles. The van der Waals surface area contributed by atoms with Crippen molar-refractivity contribution < 1.29 is 14.7 Å². The molecular formula is C16H20N4O3. The second-order valence-corrected chi connectivity index (χ2v) is 6.01. The molecular weight excluding hydrogens is 296 g/mol. The van der Waals surface area contributed by atoms with E-state index in [1.807, 2.05) is 0 Å². The summed E-state index contributed by atoms with van der Waals surface area (Å²) < 4.78 is 0. The van der Waals surface area contributed by atoms with Gasteiger partial charge in [0.05, 0.1) is 0 Å². The Hall–Kier alpha value is -2.57. The molecule has 1 atom stereocenters. The van der Waals surface area contributed by atoms with Gasteiger partial charge in [0.15, 0.2) is 5.96 Å². The molecule has 1 aromatic rings. The summed E-state index contributed by atoms with van der Waals surface area (Å²) in [6.07, 6.45) is 1.45. The van der Waals surface area contributed by atoms with E-state index in [0.717, 1.165) is 12.8 Å². The fraction of sp³-hybridized carbons (Fsp3) is 0.438. The van der Waals surface area contributed by atoms with Crippen LogP contribution in [0.15, 0.2) is 29.3 Å². The normalized spacial score (nSPS) is 22.4. The van der Waals surface area contributed by atoms with E-state index in [-0.39, 0.29) is 29.4 Å². The Morgan fingerprint density at radius 2 is 1.87 bits per heavy atom. The zero-order valence-electron chi connectivity index (χ0n) is 13.0. The fourth-order valence-corrected chi connectivity index (χ4v) is 3.11. The number of piperidine rings is 1. The van der Waals surface area contributed by atoms with Crippen LogP contribution in [0, 0.1) is 5.92 Å². The SMILES string of the molecule is CN1C(=O)C(C2CCN(C(=O)c3ccc(O)cc3)CC2)N=C1N. The number of likely N-dealkylation sites (N-methyl/N-ethyl adjacent to an activating group) is 1. The highest BCUT2D eigenvalue weighted by Crippen LogP contribution is 2.27. The zero-order chi connectivity index (χ0) is 16.6. The number of rotatable bonds is 2. The number of guanidine groups is 1. The number of carbonyl (C=O) groups excluding carboxylic acids is 2. The van der Waals surface area contributed by atoms with E-state index in [4.69, 9.17) is 5.73 Å². The van der Waals surface area contributed by atoms with Gasteiger partial charge in [-0.1, -0.05) is 0 Å². The Labute approximate surface area is 134 Å². The lowest BCUT2D eigenvalue weighted by Gasteiger charge is -2.33. The molecule has 122 valence electrons. The smallest absolute Gasteiger partial charge is 0.254 e. The van der Waals surface area contributed by atoms with Crippen molar-refractivity contribution >= 4 is 17.8 Å². The number of aliphatic imine (C=N–C) groups is 1. The first-order valence-electron chi connectivity index (χ1n) is 7.66. The van der Waals surface area contributed by atoms with Crippen LogP contribution in [0.25, 0.3) is 0 Å². The maximum atomic E-state index is 12.4. The van der Waals surface area contributed by atoms with Crippen LogP contribution >= 0.6 is 0 Å². The number of phenolic OH excluding ortho intramolecular Hbond substituents is 1. The van der Waals surface area contributed by atoms with Gasteiger partial charge in [-0.25, -0.2) is 4.99 Å². The summed E-state index contributed by atoms with van der Waals surface area (Å²) in [6, 6.07) is 5.83. The Morgan fingerprint density at radius 3 is 2.39 bits per heavy atom. The molecule has 7 nitrogen and oxygen atoms in total. The second-order valence-electron chi connectivity index (χ2n) is 6.01. The molecule has 3 rings (SSSR count). The molecule has 0 aromatic heterocycles. The summed E-state index contributed by atoms with van der Waals surface area (Å²) in [4.78, 5) is 32.0. The third-order valence-electron chi connectivity index (χ3n) is 4.59. The van der Waals surface area contributed by atoms with Crippen LogP contribution in [-0.4, -0.2) is 58.9 Å². The lowest BCUT2D eigenvalue weighted by atomic mass is 9.89. The average Bonchev–Trinajstić information content (AvgIpc) is 2.83. The van der Waals surface area contributed by atoms with Crippen molar-refractivity contribution in [1.29, 1.82) is 0 Å². The van der Waals surface area contributed by atoms with Crippen LogP contribution in [0.1, 0.15) is 23.2 Å². The molecule has 1 aromatic carbocycles. The van der Waals surface area contributed by atoms with E-state index in [0.29, 0.717) is 18.7 Å². The maximum absolute atomic E-state index is 12.4. The van der Waals surface area contributed by atoms with E-state index in [2.05, 4.69) is 4.99 Å². The number of phenols is 1. The van der Waals surface area contributed by atoms with Gasteiger partial charge in [0.2, 0.25) is 0 Å². The summed E-state index contributed by atoms with van der Waals surface area (Å²) in [5.74, 6) is 0.407. The third-order valence-corrected chi connectivity index (χ3v) is 4.59. The monoisotopic (exact) mass is 316 g/mol. The highest BCUT2D eigenvalue weighted by molar-refractivity contribution is 6.04. The number of likely N-dealkylation sites (tertiary alicyclic amines) is 1. The minimum atomic E-state index is -0.411. The second kappa shape index (κ2) is 5.91. The van der Waals surface area contributed by atoms with Crippen molar-refractivity contribution in [3.8, 4) is 5.75 Å². The predicted molar refractivity (Wildman–Crippen MR) is 84.9 cm³/mol. The molecule has 0 saturated carbocycles. The van der Waals surface area contributed by atoms with Crippen LogP contribution < -0.4 is 5.73 Å². The van der Waals surface area contributed by atoms with Crippen molar-refractivity contribution in [1.82, 2.24) is 9.80 Å². The van der Waals surface area contributed by atoms with Gasteiger partial charge in [0.1, 0.15) is 11.8 Å². The van der Waals surface area contributed by atoms with E-state index >= 15 is 0 Å². The molecule has 1 unspecified atom stereocenters. The van der Waals surface area contributed by atoms with Crippen molar-refractivity contribution in [3.05, 3.63) is 29.8 Å². The van der Waals surface area contributed by atoms with Crippen molar-refractivity contribution in [3.63, 3.8) is 0 Å². The molecule has 0 spiro atoms. The summed E-state index contributed by atoms with van der Waals surface area (Å²) in [5.41, 5.74) is 6.26. The molecule has 2 aliphatic heterocycles. The highest BCUT2D eigenvalue weighted by Gasteiger charge is 2.38.